The molecule has 0 aromatic heterocycles. The molecule has 1 aliphatic carbocycles. The number of carbonyl (C=O) groups is 2. The van der Waals surface area contributed by atoms with Gasteiger partial charge in [0, 0.05) is 0 Å². The van der Waals surface area contributed by atoms with Crippen LogP contribution in [0, 0.1) is 0 Å². The smallest absolute Gasteiger partial charge is 0.335 e. The second-order valence-corrected chi connectivity index (χ2v) is 8.49. The van der Waals surface area contributed by atoms with Crippen LogP contribution in [-0.4, -0.2) is 28.6 Å². The molecule has 2 unspecified atom stereocenters. The van der Waals surface area contributed by atoms with Crippen molar-refractivity contribution in [2.24, 2.45) is 0 Å². The maximum absolute atomic E-state index is 13.4. The van der Waals surface area contributed by atoms with Crippen LogP contribution in [0.1, 0.15) is 23.6 Å². The summed E-state index contributed by atoms with van der Waals surface area (Å²) in [5, 5.41) is 9.81. The topological polar surface area (TPSA) is 82.1 Å². The van der Waals surface area contributed by atoms with Crippen LogP contribution in [0.4, 0.5) is 0 Å². The molecule has 0 fully saturated rings. The summed E-state index contributed by atoms with van der Waals surface area (Å²) in [6.45, 7) is 1.80. The van der Waals surface area contributed by atoms with Crippen molar-refractivity contribution in [3.63, 3.8) is 0 Å². The van der Waals surface area contributed by atoms with Crippen molar-refractivity contribution in [2.45, 2.75) is 38.4 Å². The lowest BCUT2D eigenvalue weighted by Crippen LogP contribution is -2.54. The van der Waals surface area contributed by atoms with E-state index in [1.807, 2.05) is 91.0 Å². The Morgan fingerprint density at radius 2 is 1.28 bits per heavy atom. The molecule has 0 saturated carbocycles. The fourth-order valence-electron chi connectivity index (χ4n) is 4.06. The van der Waals surface area contributed by atoms with Gasteiger partial charge in [-0.05, 0) is 35.8 Å². The van der Waals surface area contributed by atoms with Crippen LogP contribution in [0.2, 0.25) is 0 Å². The van der Waals surface area contributed by atoms with Crippen molar-refractivity contribution >= 4 is 11.8 Å². The second kappa shape index (κ2) is 11.6. The standard InChI is InChI=1S/C30H28O6/c1-22(31)30(36-21-25-15-9-4-10-16-25)27(34-19-23-11-5-2-6-12-23)17-26(29(32)33)18-28(30)35-20-24-13-7-3-8-14-24/h2-18,27H,19-21H2,1H3,(H,32,33). The van der Waals surface area contributed by atoms with Crippen LogP contribution in [0.25, 0.3) is 0 Å². The third kappa shape index (κ3) is 5.79. The Balaban J connectivity index is 1.72. The number of ketones is 1. The van der Waals surface area contributed by atoms with Crippen LogP contribution in [-0.2, 0) is 43.6 Å². The summed E-state index contributed by atoms with van der Waals surface area (Å²) in [4.78, 5) is 25.4. The van der Waals surface area contributed by atoms with E-state index in [0.29, 0.717) is 0 Å². The van der Waals surface area contributed by atoms with Crippen molar-refractivity contribution in [1.29, 1.82) is 0 Å². The number of hydrogen-bond acceptors (Lipinski definition) is 5. The molecule has 3 aromatic carbocycles. The largest absolute Gasteiger partial charge is 0.490 e. The number of hydrogen-bond donors (Lipinski definition) is 1. The lowest BCUT2D eigenvalue weighted by Gasteiger charge is -2.40. The highest BCUT2D eigenvalue weighted by Crippen LogP contribution is 2.38. The Morgan fingerprint density at radius 1 is 0.778 bits per heavy atom. The number of carbonyl (C=O) groups excluding carboxylic acids is 1. The maximum Gasteiger partial charge on any atom is 0.335 e. The molecule has 0 bridgehead atoms. The fourth-order valence-corrected chi connectivity index (χ4v) is 4.06. The number of rotatable bonds is 11. The van der Waals surface area contributed by atoms with Gasteiger partial charge in [0.05, 0.1) is 18.8 Å². The van der Waals surface area contributed by atoms with Crippen molar-refractivity contribution in [3.8, 4) is 0 Å². The molecule has 1 aliphatic rings. The summed E-state index contributed by atoms with van der Waals surface area (Å²) < 4.78 is 18.7. The van der Waals surface area contributed by atoms with Crippen molar-refractivity contribution in [3.05, 3.63) is 131 Å². The van der Waals surface area contributed by atoms with Crippen molar-refractivity contribution in [2.75, 3.05) is 0 Å². The van der Waals surface area contributed by atoms with Gasteiger partial charge in [-0.2, -0.15) is 0 Å². The van der Waals surface area contributed by atoms with Gasteiger partial charge in [0.15, 0.2) is 5.78 Å². The van der Waals surface area contributed by atoms with E-state index in [-0.39, 0.29) is 36.9 Å². The second-order valence-electron chi connectivity index (χ2n) is 8.49. The highest BCUT2D eigenvalue weighted by atomic mass is 16.6. The minimum atomic E-state index is -1.67. The molecule has 6 nitrogen and oxygen atoms in total. The predicted molar refractivity (Wildman–Crippen MR) is 135 cm³/mol. The van der Waals surface area contributed by atoms with Gasteiger partial charge in [-0.3, -0.25) is 4.79 Å². The summed E-state index contributed by atoms with van der Waals surface area (Å²) in [6, 6.07) is 28.3. The number of aliphatic carboxylic acids is 1. The van der Waals surface area contributed by atoms with E-state index in [9.17, 15) is 14.7 Å². The molecule has 0 heterocycles. The first kappa shape index (κ1) is 25.1. The summed E-state index contributed by atoms with van der Waals surface area (Å²) in [7, 11) is 0. The van der Waals surface area contributed by atoms with Gasteiger partial charge in [-0.15, -0.1) is 0 Å². The zero-order valence-corrected chi connectivity index (χ0v) is 20.0. The molecule has 0 spiro atoms. The Hall–Kier alpha value is -4.00. The Labute approximate surface area is 210 Å². The van der Waals surface area contributed by atoms with Crippen LogP contribution in [0.15, 0.2) is 114 Å². The number of carboxylic acids is 1. The van der Waals surface area contributed by atoms with Gasteiger partial charge < -0.3 is 19.3 Å². The average Bonchev–Trinajstić information content (AvgIpc) is 2.91. The van der Waals surface area contributed by atoms with E-state index in [1.165, 1.54) is 19.1 Å². The Bertz CT molecular complexity index is 1230. The number of ether oxygens (including phenoxy) is 3. The number of Topliss-reactive ketones (excluding diaryl/α,β-unsaturated/α-hetero) is 1. The first-order valence-electron chi connectivity index (χ1n) is 11.7. The fraction of sp³-hybridized carbons (Fsp3) is 0.200. The van der Waals surface area contributed by atoms with Crippen molar-refractivity contribution < 1.29 is 28.9 Å². The first-order chi connectivity index (χ1) is 17.5. The minimum Gasteiger partial charge on any atom is -0.490 e. The molecule has 36 heavy (non-hydrogen) atoms. The third-order valence-corrected chi connectivity index (χ3v) is 5.97. The highest BCUT2D eigenvalue weighted by Gasteiger charge is 2.52. The molecule has 6 heteroatoms. The van der Waals surface area contributed by atoms with Gasteiger partial charge in [0.2, 0.25) is 5.60 Å². The van der Waals surface area contributed by atoms with E-state index in [2.05, 4.69) is 0 Å². The molecule has 4 rings (SSSR count). The minimum absolute atomic E-state index is 0.0312. The van der Waals surface area contributed by atoms with E-state index >= 15 is 0 Å². The zero-order valence-electron chi connectivity index (χ0n) is 20.0. The molecule has 0 saturated heterocycles. The van der Waals surface area contributed by atoms with Crippen LogP contribution >= 0.6 is 0 Å². The molecule has 3 aromatic rings. The normalized spacial score (nSPS) is 19.2. The molecular formula is C30H28O6. The van der Waals surface area contributed by atoms with Gasteiger partial charge in [-0.1, -0.05) is 91.0 Å². The zero-order chi connectivity index (χ0) is 25.4. The molecule has 1 N–H and O–H groups in total. The van der Waals surface area contributed by atoms with E-state index in [0.717, 1.165) is 16.7 Å². The Morgan fingerprint density at radius 3 is 1.78 bits per heavy atom. The lowest BCUT2D eigenvalue weighted by molar-refractivity contribution is -0.168. The molecular weight excluding hydrogens is 456 g/mol. The summed E-state index contributed by atoms with van der Waals surface area (Å²) >= 11 is 0. The predicted octanol–water partition coefficient (Wildman–Crippen LogP) is 5.24. The molecule has 0 radical (unpaired) electrons. The first-order valence-corrected chi connectivity index (χ1v) is 11.7. The molecule has 184 valence electrons. The van der Waals surface area contributed by atoms with Crippen LogP contribution < -0.4 is 0 Å². The van der Waals surface area contributed by atoms with Crippen LogP contribution in [0.5, 0.6) is 0 Å². The van der Waals surface area contributed by atoms with Gasteiger partial charge in [0.1, 0.15) is 18.5 Å². The van der Waals surface area contributed by atoms with E-state index in [4.69, 9.17) is 14.2 Å². The quantitative estimate of drug-likeness (QED) is 0.401. The number of benzene rings is 3. The van der Waals surface area contributed by atoms with E-state index in [1.54, 1.807) is 0 Å². The maximum atomic E-state index is 13.4. The molecule has 2 atom stereocenters. The summed E-state index contributed by atoms with van der Waals surface area (Å²) in [5.74, 6) is -1.39. The summed E-state index contributed by atoms with van der Waals surface area (Å²) in [6.07, 6.45) is 1.76. The third-order valence-electron chi connectivity index (χ3n) is 5.97. The average molecular weight is 485 g/mol. The number of carboxylic acid groups (broad SMARTS) is 1. The lowest BCUT2D eigenvalue weighted by atomic mass is 9.83. The molecule has 0 amide bonds. The van der Waals surface area contributed by atoms with E-state index < -0.39 is 17.7 Å². The van der Waals surface area contributed by atoms with Gasteiger partial charge >= 0.3 is 5.97 Å². The monoisotopic (exact) mass is 484 g/mol. The molecule has 0 aliphatic heterocycles. The Kier molecular flexibility index (Phi) is 8.10. The SMILES string of the molecule is CC(=O)C1(OCc2ccccc2)C(OCc2ccccc2)=CC(C(=O)O)=CC1OCc1ccccc1. The van der Waals surface area contributed by atoms with Crippen molar-refractivity contribution in [1.82, 2.24) is 0 Å². The highest BCUT2D eigenvalue weighted by molar-refractivity contribution is 5.95. The van der Waals surface area contributed by atoms with Gasteiger partial charge in [-0.25, -0.2) is 4.79 Å². The van der Waals surface area contributed by atoms with Gasteiger partial charge in [0.25, 0.3) is 0 Å². The van der Waals surface area contributed by atoms with Crippen LogP contribution in [0.3, 0.4) is 0 Å². The summed E-state index contributed by atoms with van der Waals surface area (Å²) in [5.41, 5.74) is 0.904.